The van der Waals surface area contributed by atoms with E-state index in [2.05, 4.69) is 0 Å². The van der Waals surface area contributed by atoms with Gasteiger partial charge < -0.3 is 9.64 Å². The van der Waals surface area contributed by atoms with Crippen molar-refractivity contribution in [1.29, 1.82) is 0 Å². The second-order valence-corrected chi connectivity index (χ2v) is 4.36. The first kappa shape index (κ1) is 12.0. The highest BCUT2D eigenvalue weighted by atomic mass is 19.1. The Morgan fingerprint density at radius 2 is 2.41 bits per heavy atom. The summed E-state index contributed by atoms with van der Waals surface area (Å²) in [6.45, 7) is 1.49. The number of hydrogen-bond acceptors (Lipinski definition) is 3. The van der Waals surface area contributed by atoms with Gasteiger partial charge in [0.15, 0.2) is 5.78 Å². The van der Waals surface area contributed by atoms with Gasteiger partial charge in [0.05, 0.1) is 13.2 Å². The minimum absolute atomic E-state index is 0.00556. The Morgan fingerprint density at radius 3 is 3.06 bits per heavy atom. The maximum absolute atomic E-state index is 13.0. The highest BCUT2D eigenvalue weighted by molar-refractivity contribution is 5.85. The molecule has 1 aromatic rings. The summed E-state index contributed by atoms with van der Waals surface area (Å²) < 4.78 is 18.2. The first-order valence-corrected chi connectivity index (χ1v) is 5.74. The van der Waals surface area contributed by atoms with Crippen LogP contribution in [0.25, 0.3) is 0 Å². The summed E-state index contributed by atoms with van der Waals surface area (Å²) in [4.78, 5) is 13.7. The average Bonchev–Trinajstić information content (AvgIpc) is 2.82. The number of anilines is 1. The Labute approximate surface area is 100 Å². The Kier molecular flexibility index (Phi) is 3.74. The molecule has 0 radical (unpaired) electrons. The lowest BCUT2D eigenvalue weighted by Gasteiger charge is -2.19. The summed E-state index contributed by atoms with van der Waals surface area (Å²) in [5.41, 5.74) is 0.720. The molecule has 92 valence electrons. The topological polar surface area (TPSA) is 29.5 Å². The van der Waals surface area contributed by atoms with Gasteiger partial charge >= 0.3 is 0 Å². The van der Waals surface area contributed by atoms with E-state index in [-0.39, 0.29) is 17.5 Å². The maximum atomic E-state index is 13.0. The van der Waals surface area contributed by atoms with Crippen LogP contribution in [0, 0.1) is 11.7 Å². The highest BCUT2D eigenvalue weighted by Crippen LogP contribution is 2.17. The number of nitrogens with zero attached hydrogens (tertiary/aromatic N) is 1. The highest BCUT2D eigenvalue weighted by Gasteiger charge is 2.24. The Balaban J connectivity index is 1.96. The van der Waals surface area contributed by atoms with Gasteiger partial charge in [-0.05, 0) is 24.6 Å². The number of hydrogen-bond donors (Lipinski definition) is 0. The number of Topliss-reactive ketones (excluding diaryl/α,β-unsaturated/α-hetero) is 1. The number of benzene rings is 1. The smallest absolute Gasteiger partial charge is 0.157 e. The molecule has 1 unspecified atom stereocenters. The summed E-state index contributed by atoms with van der Waals surface area (Å²) in [7, 11) is 1.79. The van der Waals surface area contributed by atoms with Gasteiger partial charge in [-0.25, -0.2) is 4.39 Å². The molecular formula is C13H16FNO2. The van der Waals surface area contributed by atoms with Crippen molar-refractivity contribution in [3.63, 3.8) is 0 Å². The fourth-order valence-electron chi connectivity index (χ4n) is 1.96. The predicted molar refractivity (Wildman–Crippen MR) is 63.6 cm³/mol. The van der Waals surface area contributed by atoms with Crippen molar-refractivity contribution in [1.82, 2.24) is 0 Å². The van der Waals surface area contributed by atoms with Crippen molar-refractivity contribution in [2.24, 2.45) is 5.92 Å². The quantitative estimate of drug-likeness (QED) is 0.800. The lowest BCUT2D eigenvalue weighted by molar-refractivity contribution is -0.121. The number of carbonyl (C=O) groups is 1. The molecule has 1 aliphatic heterocycles. The number of carbonyl (C=O) groups excluding carboxylic acids is 1. The monoisotopic (exact) mass is 237 g/mol. The molecule has 0 spiro atoms. The second-order valence-electron chi connectivity index (χ2n) is 4.36. The summed E-state index contributed by atoms with van der Waals surface area (Å²) in [6.07, 6.45) is 0.801. The van der Waals surface area contributed by atoms with Gasteiger partial charge in [-0.15, -0.1) is 0 Å². The first-order valence-electron chi connectivity index (χ1n) is 5.74. The van der Waals surface area contributed by atoms with E-state index in [1.165, 1.54) is 12.1 Å². The van der Waals surface area contributed by atoms with Gasteiger partial charge in [0.1, 0.15) is 5.82 Å². The predicted octanol–water partition coefficient (Wildman–Crippen LogP) is 1.87. The van der Waals surface area contributed by atoms with E-state index in [0.717, 1.165) is 12.1 Å². The van der Waals surface area contributed by atoms with Crippen molar-refractivity contribution in [2.75, 3.05) is 31.7 Å². The minimum atomic E-state index is -0.286. The van der Waals surface area contributed by atoms with Crippen molar-refractivity contribution < 1.29 is 13.9 Å². The standard InChI is InChI=1S/C13H16FNO2/c1-15(12-4-2-3-11(14)7-12)8-13(16)10-5-6-17-9-10/h2-4,7,10H,5-6,8-9H2,1H3. The molecule has 0 N–H and O–H groups in total. The summed E-state index contributed by atoms with van der Waals surface area (Å²) in [5.74, 6) is -0.119. The molecule has 0 saturated carbocycles. The number of rotatable bonds is 4. The molecule has 0 bridgehead atoms. The Hall–Kier alpha value is -1.42. The molecule has 1 fully saturated rings. The SMILES string of the molecule is CN(CC(=O)C1CCOC1)c1cccc(F)c1. The van der Waals surface area contributed by atoms with Crippen LogP contribution >= 0.6 is 0 Å². The van der Waals surface area contributed by atoms with Gasteiger partial charge in [-0.1, -0.05) is 6.07 Å². The third kappa shape index (κ3) is 3.03. The van der Waals surface area contributed by atoms with Crippen LogP contribution in [0.2, 0.25) is 0 Å². The zero-order valence-electron chi connectivity index (χ0n) is 9.86. The maximum Gasteiger partial charge on any atom is 0.157 e. The molecule has 1 aliphatic rings. The number of ether oxygens (including phenoxy) is 1. The molecule has 4 heteroatoms. The van der Waals surface area contributed by atoms with Gasteiger partial charge in [-0.3, -0.25) is 4.79 Å². The first-order chi connectivity index (χ1) is 8.16. The number of likely N-dealkylation sites (N-methyl/N-ethyl adjacent to an activating group) is 1. The molecule has 0 amide bonds. The fourth-order valence-corrected chi connectivity index (χ4v) is 1.96. The van der Waals surface area contributed by atoms with Crippen LogP contribution in [-0.2, 0) is 9.53 Å². The normalized spacial score (nSPS) is 19.3. The number of ketones is 1. The van der Waals surface area contributed by atoms with Crippen molar-refractivity contribution in [3.05, 3.63) is 30.1 Å². The van der Waals surface area contributed by atoms with Crippen molar-refractivity contribution in [2.45, 2.75) is 6.42 Å². The molecule has 1 heterocycles. The third-order valence-corrected chi connectivity index (χ3v) is 3.03. The van der Waals surface area contributed by atoms with Crippen molar-refractivity contribution in [3.8, 4) is 0 Å². The molecule has 3 nitrogen and oxygen atoms in total. The largest absolute Gasteiger partial charge is 0.381 e. The zero-order valence-corrected chi connectivity index (χ0v) is 9.86. The van der Waals surface area contributed by atoms with Crippen LogP contribution in [0.5, 0.6) is 0 Å². The van der Waals surface area contributed by atoms with Gasteiger partial charge in [-0.2, -0.15) is 0 Å². The molecule has 0 aromatic heterocycles. The summed E-state index contributed by atoms with van der Waals surface area (Å²) in [5, 5.41) is 0. The van der Waals surface area contributed by atoms with Gasteiger partial charge in [0.25, 0.3) is 0 Å². The molecule has 2 rings (SSSR count). The third-order valence-electron chi connectivity index (χ3n) is 3.03. The average molecular weight is 237 g/mol. The Morgan fingerprint density at radius 1 is 1.59 bits per heavy atom. The molecule has 17 heavy (non-hydrogen) atoms. The van der Waals surface area contributed by atoms with E-state index < -0.39 is 0 Å². The van der Waals surface area contributed by atoms with E-state index in [4.69, 9.17) is 4.74 Å². The second kappa shape index (κ2) is 5.27. The molecule has 1 aromatic carbocycles. The summed E-state index contributed by atoms with van der Waals surface area (Å²) >= 11 is 0. The van der Waals surface area contributed by atoms with Crippen LogP contribution < -0.4 is 4.90 Å². The molecule has 1 saturated heterocycles. The fraction of sp³-hybridized carbons (Fsp3) is 0.462. The van der Waals surface area contributed by atoms with Crippen LogP contribution in [0.1, 0.15) is 6.42 Å². The molecule has 1 atom stereocenters. The van der Waals surface area contributed by atoms with Crippen LogP contribution in [0.3, 0.4) is 0 Å². The van der Waals surface area contributed by atoms with E-state index >= 15 is 0 Å². The van der Waals surface area contributed by atoms with Crippen LogP contribution in [0.15, 0.2) is 24.3 Å². The number of halogens is 1. The lowest BCUT2D eigenvalue weighted by atomic mass is 10.0. The Bertz CT molecular complexity index is 402. The van der Waals surface area contributed by atoms with E-state index in [1.807, 2.05) is 0 Å². The van der Waals surface area contributed by atoms with E-state index in [0.29, 0.717) is 19.8 Å². The van der Waals surface area contributed by atoms with Crippen molar-refractivity contribution >= 4 is 11.5 Å². The minimum Gasteiger partial charge on any atom is -0.381 e. The summed E-state index contributed by atoms with van der Waals surface area (Å²) in [6, 6.07) is 6.26. The molecule has 0 aliphatic carbocycles. The molecular weight excluding hydrogens is 221 g/mol. The van der Waals surface area contributed by atoms with Gasteiger partial charge in [0.2, 0.25) is 0 Å². The lowest BCUT2D eigenvalue weighted by Crippen LogP contribution is -2.30. The van der Waals surface area contributed by atoms with Gasteiger partial charge in [0, 0.05) is 25.3 Å². The van der Waals surface area contributed by atoms with Crippen LogP contribution in [0.4, 0.5) is 10.1 Å². The van der Waals surface area contributed by atoms with E-state index in [1.54, 1.807) is 24.1 Å². The zero-order chi connectivity index (χ0) is 12.3. The van der Waals surface area contributed by atoms with Crippen LogP contribution in [-0.4, -0.2) is 32.6 Å². The van der Waals surface area contributed by atoms with E-state index in [9.17, 15) is 9.18 Å².